The summed E-state index contributed by atoms with van der Waals surface area (Å²) in [6, 6.07) is 23.3. The summed E-state index contributed by atoms with van der Waals surface area (Å²) in [6.07, 6.45) is -1.89. The minimum absolute atomic E-state index is 0.180. The van der Waals surface area contributed by atoms with Gasteiger partial charge in [-0.2, -0.15) is 0 Å². The van der Waals surface area contributed by atoms with Gasteiger partial charge in [0.1, 0.15) is 0 Å². The molecule has 0 saturated heterocycles. The highest BCUT2D eigenvalue weighted by Crippen LogP contribution is 2.29. The molecule has 1 aliphatic rings. The number of benzene rings is 3. The molecule has 0 spiro atoms. The maximum Gasteiger partial charge on any atom is 0.272 e. The van der Waals surface area contributed by atoms with E-state index in [1.165, 1.54) is 4.90 Å². The van der Waals surface area contributed by atoms with E-state index in [9.17, 15) is 14.7 Å². The van der Waals surface area contributed by atoms with Crippen LogP contribution in [0.2, 0.25) is 5.02 Å². The van der Waals surface area contributed by atoms with Crippen LogP contribution in [0, 0.1) is 0 Å². The Balaban J connectivity index is 1.56. The predicted molar refractivity (Wildman–Crippen MR) is 138 cm³/mol. The number of hydrogen-bond donors (Lipinski definition) is 3. The lowest BCUT2D eigenvalue weighted by Gasteiger charge is -2.23. The number of rotatable bonds is 7. The van der Waals surface area contributed by atoms with Gasteiger partial charge in [0.15, 0.2) is 0 Å². The Morgan fingerprint density at radius 3 is 2.43 bits per heavy atom. The number of fused-ring (bicyclic) bond motifs is 1. The summed E-state index contributed by atoms with van der Waals surface area (Å²) in [5, 5.41) is 16.7. The van der Waals surface area contributed by atoms with Crippen molar-refractivity contribution in [1.29, 1.82) is 0 Å². The smallest absolute Gasteiger partial charge is 0.272 e. The third-order valence-electron chi connectivity index (χ3n) is 5.92. The van der Waals surface area contributed by atoms with Crippen molar-refractivity contribution in [3.05, 3.63) is 101 Å². The van der Waals surface area contributed by atoms with Gasteiger partial charge < -0.3 is 20.6 Å². The number of aliphatic hydroxyl groups excluding tert-OH is 1. The van der Waals surface area contributed by atoms with Gasteiger partial charge in [0.25, 0.3) is 5.91 Å². The van der Waals surface area contributed by atoms with Gasteiger partial charge in [-0.1, -0.05) is 72.3 Å². The van der Waals surface area contributed by atoms with Gasteiger partial charge in [-0.05, 0) is 30.7 Å². The number of nitrogens with zero attached hydrogens (tertiary/aromatic N) is 2. The molecule has 3 atom stereocenters. The van der Waals surface area contributed by atoms with Crippen LogP contribution in [0.5, 0.6) is 0 Å². The number of anilines is 1. The second-order valence-corrected chi connectivity index (χ2v) is 8.81. The number of aliphatic hydroxyl groups is 1. The highest BCUT2D eigenvalue weighted by atomic mass is 35.5. The van der Waals surface area contributed by atoms with E-state index >= 15 is 0 Å². The van der Waals surface area contributed by atoms with Crippen molar-refractivity contribution >= 4 is 34.8 Å². The summed E-state index contributed by atoms with van der Waals surface area (Å²) in [5.74, 6) is -0.776. The number of hydrogen-bond acceptors (Lipinski definition) is 5. The van der Waals surface area contributed by atoms with E-state index in [0.29, 0.717) is 22.0 Å². The average Bonchev–Trinajstić information content (AvgIpc) is 2.98. The number of aliphatic imine (C=N–C) groups is 1. The second kappa shape index (κ2) is 10.8. The topological polar surface area (TPSA) is 94.0 Å². The van der Waals surface area contributed by atoms with Crippen LogP contribution < -0.4 is 15.5 Å². The van der Waals surface area contributed by atoms with Crippen molar-refractivity contribution in [2.45, 2.75) is 25.2 Å². The summed E-state index contributed by atoms with van der Waals surface area (Å²) in [7, 11) is 1.65. The van der Waals surface area contributed by atoms with Gasteiger partial charge >= 0.3 is 0 Å². The molecule has 3 aromatic carbocycles. The lowest BCUT2D eigenvalue weighted by atomic mass is 10.0. The zero-order valence-electron chi connectivity index (χ0n) is 19.5. The zero-order chi connectivity index (χ0) is 24.9. The lowest BCUT2D eigenvalue weighted by Crippen LogP contribution is -2.51. The lowest BCUT2D eigenvalue weighted by molar-refractivity contribution is -0.128. The maximum atomic E-state index is 13.3. The number of benzodiazepines with no additional fused rings is 1. The molecule has 4 rings (SSSR count). The first-order chi connectivity index (χ1) is 16.8. The van der Waals surface area contributed by atoms with E-state index in [4.69, 9.17) is 11.6 Å². The Labute approximate surface area is 209 Å². The third-order valence-corrected chi connectivity index (χ3v) is 6.15. The van der Waals surface area contributed by atoms with Crippen molar-refractivity contribution in [3.8, 4) is 0 Å². The summed E-state index contributed by atoms with van der Waals surface area (Å²) in [4.78, 5) is 32.4. The van der Waals surface area contributed by atoms with Gasteiger partial charge in [-0.15, -0.1) is 0 Å². The fourth-order valence-electron chi connectivity index (χ4n) is 3.90. The average molecular weight is 491 g/mol. The molecule has 1 aliphatic heterocycles. The first-order valence-corrected chi connectivity index (χ1v) is 11.7. The number of carbonyl (C=O) groups excluding carboxylic acids is 2. The van der Waals surface area contributed by atoms with Crippen molar-refractivity contribution < 1.29 is 14.7 Å². The van der Waals surface area contributed by atoms with Crippen molar-refractivity contribution in [3.63, 3.8) is 0 Å². The molecule has 1 heterocycles. The molecule has 0 aliphatic carbocycles. The molecule has 3 N–H and O–H groups in total. The maximum absolute atomic E-state index is 13.3. The molecule has 0 saturated carbocycles. The summed E-state index contributed by atoms with van der Waals surface area (Å²) >= 11 is 6.28. The molecule has 0 fully saturated rings. The van der Waals surface area contributed by atoms with E-state index in [1.54, 1.807) is 32.2 Å². The molecule has 35 heavy (non-hydrogen) atoms. The van der Waals surface area contributed by atoms with E-state index in [0.717, 1.165) is 11.1 Å². The van der Waals surface area contributed by atoms with Gasteiger partial charge in [-0.25, -0.2) is 4.99 Å². The first kappa shape index (κ1) is 24.6. The molecule has 2 amide bonds. The highest BCUT2D eigenvalue weighted by Gasteiger charge is 2.32. The van der Waals surface area contributed by atoms with Crippen LogP contribution in [0.15, 0.2) is 83.9 Å². The molecular formula is C27H27ClN4O3. The van der Waals surface area contributed by atoms with Crippen LogP contribution in [0.4, 0.5) is 5.69 Å². The molecule has 8 heteroatoms. The Kier molecular flexibility index (Phi) is 7.60. The van der Waals surface area contributed by atoms with Crippen molar-refractivity contribution in [2.24, 2.45) is 4.99 Å². The van der Waals surface area contributed by atoms with Crippen LogP contribution in [0.25, 0.3) is 0 Å². The van der Waals surface area contributed by atoms with Gasteiger partial charge in [0, 0.05) is 29.7 Å². The summed E-state index contributed by atoms with van der Waals surface area (Å²) in [6.45, 7) is 1.86. The zero-order valence-corrected chi connectivity index (χ0v) is 20.2. The number of amides is 2. The first-order valence-electron chi connectivity index (χ1n) is 11.3. The van der Waals surface area contributed by atoms with Crippen LogP contribution in [-0.4, -0.2) is 48.4 Å². The summed E-state index contributed by atoms with van der Waals surface area (Å²) in [5.41, 5.74) is 3.47. The Morgan fingerprint density at radius 1 is 1.09 bits per heavy atom. The van der Waals surface area contributed by atoms with Crippen molar-refractivity contribution in [2.75, 3.05) is 18.5 Å². The minimum Gasteiger partial charge on any atom is -0.387 e. The molecule has 0 aromatic heterocycles. The molecule has 0 radical (unpaired) electrons. The SMILES string of the molecule is C[C@H](NCC(O)c1ccccc1)C(=O)NC1N=C(c2ccccc2)c2cc(Cl)ccc2N(C)C1=O. The van der Waals surface area contributed by atoms with Crippen LogP contribution in [0.1, 0.15) is 29.7 Å². The van der Waals surface area contributed by atoms with E-state index in [-0.39, 0.29) is 12.5 Å². The Morgan fingerprint density at radius 2 is 1.74 bits per heavy atom. The highest BCUT2D eigenvalue weighted by molar-refractivity contribution is 6.32. The molecule has 0 bridgehead atoms. The molecule has 180 valence electrons. The third kappa shape index (κ3) is 5.59. The normalized spacial score (nSPS) is 17.1. The predicted octanol–water partition coefficient (Wildman–Crippen LogP) is 3.31. The molecule has 2 unspecified atom stereocenters. The standard InChI is InChI=1S/C27H27ClN4O3/c1-17(29-16-23(33)18-9-5-3-6-10-18)26(34)31-25-27(35)32(2)22-14-13-20(28)15-21(22)24(30-25)19-11-7-4-8-12-19/h3-15,17,23,25,29,33H,16H2,1-2H3,(H,31,34)/t17-,23?,25?/m0/s1. The quantitative estimate of drug-likeness (QED) is 0.473. The second-order valence-electron chi connectivity index (χ2n) is 8.37. The molecule has 3 aromatic rings. The van der Waals surface area contributed by atoms with Crippen LogP contribution in [0.3, 0.4) is 0 Å². The number of carbonyl (C=O) groups is 2. The monoisotopic (exact) mass is 490 g/mol. The largest absolute Gasteiger partial charge is 0.387 e. The van der Waals surface area contributed by atoms with Crippen LogP contribution in [-0.2, 0) is 9.59 Å². The van der Waals surface area contributed by atoms with E-state index in [1.807, 2.05) is 60.7 Å². The van der Waals surface area contributed by atoms with Gasteiger partial charge in [-0.3, -0.25) is 9.59 Å². The van der Waals surface area contributed by atoms with Gasteiger partial charge in [0.2, 0.25) is 12.1 Å². The van der Waals surface area contributed by atoms with E-state index < -0.39 is 24.2 Å². The molecular weight excluding hydrogens is 464 g/mol. The summed E-state index contributed by atoms with van der Waals surface area (Å²) < 4.78 is 0. The Hall–Kier alpha value is -3.52. The number of halogens is 1. The molecule has 7 nitrogen and oxygen atoms in total. The fraction of sp³-hybridized carbons (Fsp3) is 0.222. The minimum atomic E-state index is -1.13. The number of nitrogens with one attached hydrogen (secondary N) is 2. The van der Waals surface area contributed by atoms with E-state index in [2.05, 4.69) is 15.6 Å². The number of likely N-dealkylation sites (N-methyl/N-ethyl adjacent to an activating group) is 1. The van der Waals surface area contributed by atoms with Gasteiger partial charge in [0.05, 0.1) is 23.5 Å². The van der Waals surface area contributed by atoms with Crippen LogP contribution >= 0.6 is 11.6 Å². The van der Waals surface area contributed by atoms with Crippen molar-refractivity contribution in [1.82, 2.24) is 10.6 Å². The fourth-order valence-corrected chi connectivity index (χ4v) is 4.07. The Bertz CT molecular complexity index is 1230.